The minimum Gasteiger partial charge on any atom is -0.460 e. The number of esters is 3. The Balaban J connectivity index is 1.48. The summed E-state index contributed by atoms with van der Waals surface area (Å²) in [6.07, 6.45) is -3.19. The highest BCUT2D eigenvalue weighted by molar-refractivity contribution is 5.94. The van der Waals surface area contributed by atoms with Gasteiger partial charge in [0.25, 0.3) is 0 Å². The van der Waals surface area contributed by atoms with Gasteiger partial charge in [0.15, 0.2) is 6.61 Å². The Labute approximate surface area is 274 Å². The smallest absolute Gasteiger partial charge is 0.422 e. The van der Waals surface area contributed by atoms with Crippen molar-refractivity contribution < 1.29 is 65.9 Å². The molecule has 0 bridgehead atoms. The number of aliphatic hydroxyl groups is 1. The van der Waals surface area contributed by atoms with E-state index in [0.29, 0.717) is 5.56 Å². The molecule has 2 aliphatic rings. The summed E-state index contributed by atoms with van der Waals surface area (Å²) >= 11 is 0. The molecular weight excluding hydrogens is 645 g/mol. The summed E-state index contributed by atoms with van der Waals surface area (Å²) in [7, 11) is 0. The number of amides is 2. The Morgan fingerprint density at radius 2 is 1.77 bits per heavy atom. The first kappa shape index (κ1) is 38.2. The van der Waals surface area contributed by atoms with E-state index in [0.717, 1.165) is 6.08 Å². The molecule has 4 unspecified atom stereocenters. The molecule has 0 saturated carbocycles. The molecule has 1 saturated heterocycles. The molecule has 264 valence electrons. The molecule has 48 heavy (non-hydrogen) atoms. The Hall–Kier alpha value is -4.28. The van der Waals surface area contributed by atoms with E-state index < -0.39 is 72.5 Å². The summed E-state index contributed by atoms with van der Waals surface area (Å²) < 4.78 is 62.6. The molecule has 1 fully saturated rings. The second-order valence-electron chi connectivity index (χ2n) is 12.0. The van der Waals surface area contributed by atoms with Crippen LogP contribution in [-0.4, -0.2) is 97.5 Å². The van der Waals surface area contributed by atoms with Crippen LogP contribution in [0, 0.1) is 0 Å². The molecule has 3 rings (SSSR count). The molecule has 0 spiro atoms. The van der Waals surface area contributed by atoms with Crippen LogP contribution in [0.5, 0.6) is 0 Å². The summed E-state index contributed by atoms with van der Waals surface area (Å²) in [4.78, 5) is 61.6. The fraction of sp³-hybridized carbons (Fsp3) is 0.531. The lowest BCUT2D eigenvalue weighted by atomic mass is 9.91. The highest BCUT2D eigenvalue weighted by atomic mass is 19.4. The van der Waals surface area contributed by atoms with Gasteiger partial charge in [0, 0.05) is 37.5 Å². The number of alkyl halides is 3. The van der Waals surface area contributed by atoms with Gasteiger partial charge in [-0.25, -0.2) is 9.59 Å². The molecule has 4 atom stereocenters. The van der Waals surface area contributed by atoms with Crippen LogP contribution in [0.2, 0.25) is 0 Å². The van der Waals surface area contributed by atoms with Crippen LogP contribution in [-0.2, 0) is 42.9 Å². The number of fused-ring (bicyclic) bond motifs is 1. The number of halogens is 3. The summed E-state index contributed by atoms with van der Waals surface area (Å²) in [5.74, 6) is -3.33. The van der Waals surface area contributed by atoms with Gasteiger partial charge in [-0.1, -0.05) is 12.1 Å². The van der Waals surface area contributed by atoms with Gasteiger partial charge < -0.3 is 39.4 Å². The fourth-order valence-electron chi connectivity index (χ4n) is 4.62. The average Bonchev–Trinajstić information content (AvgIpc) is 3.49. The molecule has 2 amide bonds. The average molecular weight is 685 g/mol. The van der Waals surface area contributed by atoms with Crippen molar-refractivity contribution in [2.75, 3.05) is 26.6 Å². The van der Waals surface area contributed by atoms with E-state index in [1.54, 1.807) is 26.8 Å². The zero-order valence-electron chi connectivity index (χ0n) is 26.7. The van der Waals surface area contributed by atoms with Crippen LogP contribution < -0.4 is 10.6 Å². The first-order valence-corrected chi connectivity index (χ1v) is 15.1. The Kier molecular flexibility index (Phi) is 13.7. The maximum absolute atomic E-state index is 12.9. The van der Waals surface area contributed by atoms with Gasteiger partial charge >= 0.3 is 24.1 Å². The van der Waals surface area contributed by atoms with Crippen LogP contribution in [0.4, 0.5) is 13.2 Å². The highest BCUT2D eigenvalue weighted by Gasteiger charge is 2.42. The molecule has 0 aromatic heterocycles. The van der Waals surface area contributed by atoms with Crippen molar-refractivity contribution in [3.8, 4) is 0 Å². The lowest BCUT2D eigenvalue weighted by Gasteiger charge is -2.30. The van der Waals surface area contributed by atoms with Gasteiger partial charge in [-0.05, 0) is 57.0 Å². The highest BCUT2D eigenvalue weighted by Crippen LogP contribution is 2.31. The molecular formula is C32H39F3N2O11. The first-order chi connectivity index (χ1) is 22.5. The summed E-state index contributed by atoms with van der Waals surface area (Å²) in [5.41, 5.74) is 0.135. The van der Waals surface area contributed by atoms with E-state index >= 15 is 0 Å². The summed E-state index contributed by atoms with van der Waals surface area (Å²) in [6, 6.07) is 5.01. The van der Waals surface area contributed by atoms with Gasteiger partial charge in [0.05, 0.1) is 18.2 Å². The number of carbonyl (C=O) groups excluding carboxylic acids is 5. The SMILES string of the molecule is CC(C)(C)OC(=O)CCC(CO)NC(=O)CCNC(=O)C1=CC2OCOC2C(OC(=O)c2ccc(C=CC(=O)OCC(F)(F)F)cc2)C1. The van der Waals surface area contributed by atoms with Crippen molar-refractivity contribution in [2.45, 2.75) is 82.6 Å². The number of ether oxygens (including phenoxy) is 5. The van der Waals surface area contributed by atoms with Gasteiger partial charge in [0.2, 0.25) is 11.8 Å². The van der Waals surface area contributed by atoms with Crippen molar-refractivity contribution in [1.82, 2.24) is 10.6 Å². The van der Waals surface area contributed by atoms with Crippen LogP contribution in [0.3, 0.4) is 0 Å². The van der Waals surface area contributed by atoms with Crippen LogP contribution in [0.15, 0.2) is 42.0 Å². The monoisotopic (exact) mass is 684 g/mol. The maximum atomic E-state index is 12.9. The molecule has 16 heteroatoms. The van der Waals surface area contributed by atoms with Crippen molar-refractivity contribution >= 4 is 35.8 Å². The zero-order chi connectivity index (χ0) is 35.5. The molecule has 13 nitrogen and oxygen atoms in total. The van der Waals surface area contributed by atoms with Gasteiger partial charge in [0.1, 0.15) is 30.7 Å². The second-order valence-corrected chi connectivity index (χ2v) is 12.0. The molecule has 1 aromatic carbocycles. The molecule has 1 aromatic rings. The Morgan fingerprint density at radius 1 is 1.06 bits per heavy atom. The van der Waals surface area contributed by atoms with Crippen molar-refractivity contribution in [3.05, 3.63) is 53.1 Å². The van der Waals surface area contributed by atoms with E-state index in [-0.39, 0.29) is 56.8 Å². The van der Waals surface area contributed by atoms with E-state index in [1.807, 2.05) is 0 Å². The third-order valence-electron chi connectivity index (χ3n) is 6.82. The molecule has 1 aliphatic heterocycles. The quantitative estimate of drug-likeness (QED) is 0.149. The molecule has 1 aliphatic carbocycles. The molecule has 0 radical (unpaired) electrons. The number of hydrogen-bond donors (Lipinski definition) is 3. The zero-order valence-corrected chi connectivity index (χ0v) is 26.7. The number of benzene rings is 1. The van der Waals surface area contributed by atoms with E-state index in [9.17, 15) is 42.3 Å². The lowest BCUT2D eigenvalue weighted by molar-refractivity contribution is -0.182. The normalized spacial score (nSPS) is 19.9. The topological polar surface area (TPSA) is 176 Å². The summed E-state index contributed by atoms with van der Waals surface area (Å²) in [5, 5.41) is 14.8. The number of aliphatic hydroxyl groups excluding tert-OH is 1. The maximum Gasteiger partial charge on any atom is 0.422 e. The van der Waals surface area contributed by atoms with Gasteiger partial charge in [-0.3, -0.25) is 14.4 Å². The first-order valence-electron chi connectivity index (χ1n) is 15.1. The minimum atomic E-state index is -4.64. The van der Waals surface area contributed by atoms with E-state index in [2.05, 4.69) is 15.4 Å². The van der Waals surface area contributed by atoms with Crippen molar-refractivity contribution in [1.29, 1.82) is 0 Å². The van der Waals surface area contributed by atoms with Crippen molar-refractivity contribution in [2.24, 2.45) is 0 Å². The van der Waals surface area contributed by atoms with Crippen LogP contribution >= 0.6 is 0 Å². The second kappa shape index (κ2) is 17.2. The van der Waals surface area contributed by atoms with Gasteiger partial charge in [-0.2, -0.15) is 13.2 Å². The summed E-state index contributed by atoms with van der Waals surface area (Å²) in [6.45, 7) is 2.99. The molecule has 1 heterocycles. The number of rotatable bonds is 14. The standard InChI is InChI=1S/C32H39F3N2O11/c1-31(2,3)48-27(41)11-9-22(16-38)37-25(39)12-13-36-29(42)21-14-23-28(46-18-45-23)24(15-21)47-30(43)20-7-4-19(5-8-20)6-10-26(40)44-17-32(33,34)35/h4-8,10,14,22-24,28,38H,9,11-13,15-18H2,1-3H3,(H,36,42)(H,37,39). The predicted molar refractivity (Wildman–Crippen MR) is 161 cm³/mol. The fourth-order valence-corrected chi connectivity index (χ4v) is 4.62. The number of hydrogen-bond acceptors (Lipinski definition) is 11. The van der Waals surface area contributed by atoms with E-state index in [1.165, 1.54) is 30.3 Å². The van der Waals surface area contributed by atoms with E-state index in [4.69, 9.17) is 18.9 Å². The molecule has 3 N–H and O–H groups in total. The number of carbonyl (C=O) groups is 5. The third-order valence-corrected chi connectivity index (χ3v) is 6.82. The Bertz CT molecular complexity index is 1370. The van der Waals surface area contributed by atoms with Crippen molar-refractivity contribution in [3.63, 3.8) is 0 Å². The number of nitrogens with one attached hydrogen (secondary N) is 2. The predicted octanol–water partition coefficient (Wildman–Crippen LogP) is 2.51. The Morgan fingerprint density at radius 3 is 2.42 bits per heavy atom. The largest absolute Gasteiger partial charge is 0.460 e. The van der Waals surface area contributed by atoms with Crippen LogP contribution in [0.1, 0.15) is 62.4 Å². The van der Waals surface area contributed by atoms with Gasteiger partial charge in [-0.15, -0.1) is 0 Å². The lowest BCUT2D eigenvalue weighted by Crippen LogP contribution is -2.44. The van der Waals surface area contributed by atoms with Crippen LogP contribution in [0.25, 0.3) is 6.08 Å². The minimum absolute atomic E-state index is 0.00495. The third kappa shape index (κ3) is 13.1.